The van der Waals surface area contributed by atoms with E-state index in [0.29, 0.717) is 79.9 Å². The van der Waals surface area contributed by atoms with Gasteiger partial charge in [-0.25, -0.2) is 39.1 Å². The molecule has 7 aliphatic carbocycles. The third-order valence-corrected chi connectivity index (χ3v) is 34.4. The summed E-state index contributed by atoms with van der Waals surface area (Å²) < 4.78 is 5.49. The first-order chi connectivity index (χ1) is 67.5. The van der Waals surface area contributed by atoms with Crippen LogP contribution >= 0.6 is 0 Å². The molecule has 7 saturated carbocycles. The Morgan fingerprint density at radius 3 is 1.27 bits per heavy atom. The van der Waals surface area contributed by atoms with Crippen LogP contribution in [0.1, 0.15) is 239 Å². The summed E-state index contributed by atoms with van der Waals surface area (Å²) in [5.41, 5.74) is 5.94. The van der Waals surface area contributed by atoms with Gasteiger partial charge in [0, 0.05) is 47.4 Å². The number of Topliss-reactive ketones (excluding diaryl/α,β-unsaturated/α-hetero) is 1. The molecule has 8 amide bonds. The monoisotopic (exact) mass is 1890 g/mol. The molecule has 1 N–H and O–H groups in total. The van der Waals surface area contributed by atoms with Crippen LogP contribution in [0.2, 0.25) is 0 Å². The molecule has 0 bridgehead atoms. The molecular formula is C111H136N22O7. The first-order valence-electron chi connectivity index (χ1n) is 50.4. The molecule has 19 rings (SSSR count). The molecule has 732 valence electrons. The van der Waals surface area contributed by atoms with Crippen LogP contribution in [0.25, 0.3) is 0 Å². The van der Waals surface area contributed by atoms with Gasteiger partial charge in [0.2, 0.25) is 17.5 Å². The van der Waals surface area contributed by atoms with Gasteiger partial charge in [-0.2, -0.15) is 31.3 Å². The Hall–Kier alpha value is -12.8. The van der Waals surface area contributed by atoms with Crippen LogP contribution in [0.3, 0.4) is 0 Å². The fourth-order valence-electron chi connectivity index (χ4n) is 24.8. The fraction of sp³-hybridized carbons (Fsp3) is 0.523. The summed E-state index contributed by atoms with van der Waals surface area (Å²) in [5.74, 6) is 1.05. The predicted molar refractivity (Wildman–Crippen MR) is 537 cm³/mol. The lowest BCUT2D eigenvalue weighted by Gasteiger charge is -2.52. The average molecular weight is 1890 g/mol. The lowest BCUT2D eigenvalue weighted by atomic mass is 9.66. The van der Waals surface area contributed by atoms with E-state index in [1.807, 2.05) is 60.9 Å². The molecule has 140 heavy (non-hydrogen) atoms. The van der Waals surface area contributed by atoms with Gasteiger partial charge in [0.1, 0.15) is 29.6 Å². The van der Waals surface area contributed by atoms with E-state index in [0.717, 1.165) is 173 Å². The van der Waals surface area contributed by atoms with Gasteiger partial charge >= 0.3 is 24.1 Å². The minimum absolute atomic E-state index is 0.00423. The van der Waals surface area contributed by atoms with Crippen molar-refractivity contribution < 1.29 is 33.8 Å². The number of amides is 8. The molecule has 7 heterocycles. The van der Waals surface area contributed by atoms with E-state index in [2.05, 4.69) is 240 Å². The number of hydrogen-bond acceptors (Lipinski definition) is 21. The van der Waals surface area contributed by atoms with Gasteiger partial charge in [0.25, 0.3) is 0 Å². The third-order valence-electron chi connectivity index (χ3n) is 34.4. The smallest absolute Gasteiger partial charge is 0.325 e. The van der Waals surface area contributed by atoms with E-state index in [9.17, 15) is 44.9 Å². The van der Waals surface area contributed by atoms with Crippen LogP contribution < -0.4 is 24.3 Å². The van der Waals surface area contributed by atoms with Crippen molar-refractivity contribution in [3.63, 3.8) is 0 Å². The van der Waals surface area contributed by atoms with Gasteiger partial charge in [-0.05, 0) is 268 Å². The van der Waals surface area contributed by atoms with Crippen LogP contribution in [-0.2, 0) is 27.0 Å². The average Bonchev–Trinajstić information content (AvgIpc) is 1.56. The number of nitriles is 5. The van der Waals surface area contributed by atoms with Crippen LogP contribution in [0.15, 0.2) is 183 Å². The van der Waals surface area contributed by atoms with Crippen molar-refractivity contribution in [2.24, 2.45) is 11.3 Å². The Bertz CT molecular complexity index is 5930. The Balaban J connectivity index is 0.000000135. The number of benzene rings is 5. The molecule has 4 saturated heterocycles. The highest BCUT2D eigenvalue weighted by atomic mass is 16.5. The Morgan fingerprint density at radius 2 is 0.864 bits per heavy atom. The zero-order chi connectivity index (χ0) is 99.1. The maximum Gasteiger partial charge on any atom is 0.325 e. The summed E-state index contributed by atoms with van der Waals surface area (Å²) >= 11 is 0. The highest BCUT2D eigenvalue weighted by molar-refractivity contribution is 5.99. The largest absolute Gasteiger partial charge is 0.479 e. The molecule has 4 spiro atoms. The number of aromatic nitrogens is 5. The number of ketones is 1. The molecule has 5 aromatic carbocycles. The van der Waals surface area contributed by atoms with E-state index in [4.69, 9.17) is 15.3 Å². The predicted octanol–water partition coefficient (Wildman–Crippen LogP) is 17.8. The fourth-order valence-corrected chi connectivity index (χ4v) is 24.8. The van der Waals surface area contributed by atoms with Gasteiger partial charge in [0.15, 0.2) is 5.78 Å². The van der Waals surface area contributed by atoms with Gasteiger partial charge in [0.05, 0.1) is 133 Å². The molecule has 11 fully saturated rings. The number of β-amino-alcohol motifs (C(OH)–C–C–N with tert-alkyl or cyclic N) is 1. The zero-order valence-electron chi connectivity index (χ0n) is 83.3. The second-order valence-electron chi connectivity index (χ2n) is 42.0. The van der Waals surface area contributed by atoms with E-state index >= 15 is 0 Å². The van der Waals surface area contributed by atoms with Crippen molar-refractivity contribution in [1.29, 1.82) is 26.3 Å². The molecule has 0 atom stereocenters. The molecule has 8 aromatic rings. The first-order valence-corrected chi connectivity index (χ1v) is 50.4. The molecular weight excluding hydrogens is 1750 g/mol. The zero-order valence-corrected chi connectivity index (χ0v) is 83.3. The number of urea groups is 4. The highest BCUT2D eigenvalue weighted by Crippen LogP contribution is 2.57. The number of carbonyl (C=O) groups is 5. The van der Waals surface area contributed by atoms with Gasteiger partial charge in [-0.15, -0.1) is 0 Å². The highest BCUT2D eigenvalue weighted by Gasteiger charge is 2.62. The molecule has 0 radical (unpaired) electrons. The summed E-state index contributed by atoms with van der Waals surface area (Å²) in [7, 11) is 16.6. The topological polar surface area (TPSA) is 337 Å². The van der Waals surface area contributed by atoms with Gasteiger partial charge in [-0.3, -0.25) is 44.0 Å². The van der Waals surface area contributed by atoms with Crippen molar-refractivity contribution in [3.8, 4) is 36.2 Å². The number of nitrogens with zero attached hydrogens (tertiary/aromatic N) is 22. The third kappa shape index (κ3) is 19.2. The van der Waals surface area contributed by atoms with E-state index in [1.54, 1.807) is 46.5 Å². The molecule has 3 aromatic heterocycles. The maximum atomic E-state index is 14.0. The van der Waals surface area contributed by atoms with Crippen LogP contribution in [0, 0.1) is 68.0 Å². The van der Waals surface area contributed by atoms with Gasteiger partial charge in [-0.1, -0.05) is 161 Å². The number of hydrogen-bond donors (Lipinski definition) is 1. The quantitative estimate of drug-likeness (QED) is 0.0555. The second-order valence-corrected chi connectivity index (χ2v) is 42.0. The van der Waals surface area contributed by atoms with Crippen LogP contribution in [0.4, 0.5) is 41.9 Å². The van der Waals surface area contributed by atoms with E-state index in [-0.39, 0.29) is 92.8 Å². The minimum atomic E-state index is -0.775. The number of rotatable bonds is 25. The van der Waals surface area contributed by atoms with Crippen molar-refractivity contribution in [3.05, 3.63) is 228 Å². The number of anilines is 4. The first kappa shape index (κ1) is 100. The van der Waals surface area contributed by atoms with Crippen LogP contribution in [0.5, 0.6) is 5.88 Å². The molecule has 29 nitrogen and oxygen atoms in total. The van der Waals surface area contributed by atoms with E-state index < -0.39 is 16.6 Å². The number of aliphatic hydroxyl groups is 1. The number of pyridine rings is 1. The van der Waals surface area contributed by atoms with Crippen molar-refractivity contribution >= 4 is 52.7 Å². The second kappa shape index (κ2) is 41.6. The standard InChI is InChI=1S/C28H36N6O2.C28H32N6O.C28H34N4O2.C27H34N6O2/c1-4-32(2)28(22-11-6-5-7-12-22)15-13-27(14-16-28)20-33(26(35)34(27)19-21-9-8-10-21)23-18-30-24(17-29)31-25(23)36-3;1-32(2)28(22-7-4-3-5-8-22)15-13-27(14-16-28)21-33(24-10-9-23(17-29)31-18-24)25(35)34(27)20-26(19-30)11-6-12-26;1-30(2)28(23-9-4-3-5-10-23)16-14-26(15-17-28)20-31(24-11-6-8-22(18-24)19-29)25(33)32(26)21-27(34)12-7-13-27;1-4-5-11-23(34)19-33-25(35)32(22-17-29-24(16-28)30-18-22)20-26(33)12-14-27(15-13-26,31(2)3)21-9-7-6-8-10-21/h5-7,11-12,18,21H,4,8-10,13-16,19-20H2,1-3H3;3-5,7-10,18H,6,11-16,20-21H2,1-2H3;3-6,8-11,18,34H,7,12-17,20-21H2,1-2H3;6-10,17-18H,4-5,11-15,19-20H2,1-3H3. The van der Waals surface area contributed by atoms with Gasteiger partial charge < -0.3 is 29.4 Å². The number of ether oxygens (including phenoxy) is 1. The number of unbranched alkanes of at least 4 members (excludes halogenated alkanes) is 1. The molecule has 0 unspecified atom stereocenters. The number of methoxy groups -OCH3 is 1. The lowest BCUT2D eigenvalue weighted by molar-refractivity contribution is -0.121. The van der Waals surface area contributed by atoms with Crippen molar-refractivity contribution in [2.45, 2.75) is 244 Å². The summed E-state index contributed by atoms with van der Waals surface area (Å²) in [6.45, 7) is 9.31. The summed E-state index contributed by atoms with van der Waals surface area (Å²) in [6, 6.07) is 63.9. The van der Waals surface area contributed by atoms with Crippen LogP contribution in [-0.4, -0.2) is 242 Å². The maximum absolute atomic E-state index is 14.0. The Kier molecular flexibility index (Phi) is 29.7. The molecule has 29 heteroatoms. The summed E-state index contributed by atoms with van der Waals surface area (Å²) in [6.07, 6.45) is 31.8. The Labute approximate surface area is 825 Å². The van der Waals surface area contributed by atoms with E-state index in [1.165, 1.54) is 61.0 Å². The molecule has 4 aliphatic heterocycles. The normalized spacial score (nSPS) is 26.6. The minimum Gasteiger partial charge on any atom is -0.479 e. The molecule has 11 aliphatic rings. The van der Waals surface area contributed by atoms with Crippen molar-refractivity contribution in [1.82, 2.24) is 64.1 Å². The lowest BCUT2D eigenvalue weighted by Crippen LogP contribution is -2.59. The SMILES string of the molecule is CCCCC(=O)CN1C(=O)N(c2cnc(C#N)nc2)CC12CCC(c1ccccc1)(N(C)C)CC2.CCN(C)C1(c2ccccc2)CCC2(CC1)CN(c1cnc(C#N)nc1OC)C(=O)N2CC1CCC1.CN(C)C1(c2ccccc2)CCC2(CC1)CN(c1ccc(C#N)nc1)C(=O)N2CC1(C#N)CCC1.CN(C)C1(c2ccccc2)CCC2(CC1)CN(c1cccc(C#N)c1)C(=O)N2CC1(O)CCC1. The van der Waals surface area contributed by atoms with Crippen molar-refractivity contribution in [2.75, 3.05) is 135 Å². The number of carbonyl (C=O) groups excluding carboxylic acids is 5. The Morgan fingerprint density at radius 1 is 0.436 bits per heavy atom. The summed E-state index contributed by atoms with van der Waals surface area (Å²) in [5, 5.41) is 57.8. The summed E-state index contributed by atoms with van der Waals surface area (Å²) in [4.78, 5) is 113.